The van der Waals surface area contributed by atoms with E-state index in [-0.39, 0.29) is 14.9 Å². The van der Waals surface area contributed by atoms with Gasteiger partial charge in [0.1, 0.15) is 0 Å². The van der Waals surface area contributed by atoms with E-state index in [0.717, 1.165) is 0 Å². The summed E-state index contributed by atoms with van der Waals surface area (Å²) < 4.78 is 0. The maximum atomic E-state index is 2.00. The third-order valence-electron chi connectivity index (χ3n) is 0. The normalized spacial score (nSPS) is 1.50. The molecule has 0 N–H and O–H groups in total. The largest absolute Gasteiger partial charge is 0.0776 e. The van der Waals surface area contributed by atoms with Crippen LogP contribution in [0.3, 0.4) is 0 Å². The minimum atomic E-state index is 0. The van der Waals surface area contributed by atoms with Gasteiger partial charge in [0.2, 0.25) is 0 Å². The summed E-state index contributed by atoms with van der Waals surface area (Å²) in [6.07, 6.45) is 0. The van der Waals surface area contributed by atoms with Crippen molar-refractivity contribution in [2.24, 2.45) is 0 Å². The molecular weight excluding hydrogens is 48.0 g/mol. The molecule has 0 aromatic heterocycles. The molecule has 0 aliphatic carbocycles. The number of hydrogen-bond donors (Lipinski definition) is 0. The lowest BCUT2D eigenvalue weighted by molar-refractivity contribution is 1.50. The van der Waals surface area contributed by atoms with Gasteiger partial charge in [0.25, 0.3) is 0 Å². The van der Waals surface area contributed by atoms with Crippen LogP contribution in [0.15, 0.2) is 0 Å². The molecule has 0 bridgehead atoms. The highest BCUT2D eigenvalue weighted by atomic mass is 13.0. The van der Waals surface area contributed by atoms with Gasteiger partial charge in [-0.15, -0.1) is 0 Å². The van der Waals surface area contributed by atoms with Crippen molar-refractivity contribution in [1.82, 2.24) is 0 Å². The van der Waals surface area contributed by atoms with Gasteiger partial charge in [0, 0.05) is 0 Å². The summed E-state index contributed by atoms with van der Waals surface area (Å²) >= 11 is 0. The van der Waals surface area contributed by atoms with Crippen molar-refractivity contribution < 1.29 is 0 Å². The number of rotatable bonds is 0. The molecule has 0 fully saturated rings. The highest BCUT2D eigenvalue weighted by molar-refractivity contribution is 3.50. The van der Waals surface area contributed by atoms with Crippen molar-refractivity contribution in [2.75, 3.05) is 0 Å². The molecule has 0 spiro atoms. The van der Waals surface area contributed by atoms with Crippen molar-refractivity contribution in [1.29, 1.82) is 0 Å². The van der Waals surface area contributed by atoms with Crippen LogP contribution in [0.25, 0.3) is 0 Å². The molecule has 0 nitrogen and oxygen atoms in total. The first kappa shape index (κ1) is 36.0. The molecule has 0 aromatic rings. The molecule has 0 atom stereocenters. The summed E-state index contributed by atoms with van der Waals surface area (Å²) in [5, 5.41) is 0. The zero-order valence-corrected chi connectivity index (χ0v) is 2.00. The summed E-state index contributed by atoms with van der Waals surface area (Å²) in [5.41, 5.74) is 0. The Hall–Kier alpha value is 0. The average Bonchev–Trinajstić information content (AvgIpc) is 1.00. The van der Waals surface area contributed by atoms with Gasteiger partial charge in [-0.2, -0.15) is 0 Å². The Morgan fingerprint density at radius 3 is 0.750 bits per heavy atom. The van der Waals surface area contributed by atoms with E-state index in [4.69, 9.17) is 0 Å². The van der Waals surface area contributed by atoms with Crippen LogP contribution < -0.4 is 0 Å². The fourth-order valence-electron chi connectivity index (χ4n) is 0. The molecule has 0 radical (unpaired) electrons. The lowest BCUT2D eigenvalue weighted by Gasteiger charge is -1.07. The van der Waals surface area contributed by atoms with Crippen LogP contribution in [0.2, 0.25) is 0 Å². The van der Waals surface area contributed by atoms with E-state index in [2.05, 4.69) is 0 Å². The average molecular weight is 62.2 g/mol. The van der Waals surface area contributed by atoms with E-state index in [1.54, 1.807) is 0 Å². The monoisotopic (exact) mass is 62.1 g/mol. The van der Waals surface area contributed by atoms with Gasteiger partial charge in [0.05, 0.1) is 0 Å². The van der Waals surface area contributed by atoms with E-state index in [0.29, 0.717) is 0 Å². The van der Waals surface area contributed by atoms with E-state index in [1.165, 1.54) is 0 Å². The number of hydrogen-bond acceptors (Lipinski definition) is 0. The Balaban J connectivity index is -0.00000000500. The zero-order chi connectivity index (χ0) is 2.00. The van der Waals surface area contributed by atoms with Crippen LogP contribution in [-0.2, 0) is 0 Å². The first-order valence-electron chi connectivity index (χ1n) is 1.00. The standard InChI is InChI=1S/C2H6.2CH4/c1-2;;/h1-2H3;2*1H4. The van der Waals surface area contributed by atoms with Gasteiger partial charge in [0.15, 0.2) is 0 Å². The molecule has 0 aromatic carbocycles. The van der Waals surface area contributed by atoms with E-state index in [1.807, 2.05) is 13.8 Å². The Morgan fingerprint density at radius 2 is 0.750 bits per heavy atom. The van der Waals surface area contributed by atoms with Crippen LogP contribution in [-0.4, -0.2) is 0 Å². The molecule has 0 saturated carbocycles. The van der Waals surface area contributed by atoms with Crippen molar-refractivity contribution in [3.63, 3.8) is 0 Å². The summed E-state index contributed by atoms with van der Waals surface area (Å²) in [6, 6.07) is 0. The lowest BCUT2D eigenvalue weighted by Crippen LogP contribution is -0.856. The van der Waals surface area contributed by atoms with Crippen LogP contribution in [0.4, 0.5) is 0 Å². The molecule has 0 amide bonds. The second kappa shape index (κ2) is 0. The minimum Gasteiger partial charge on any atom is -0.0776 e. The maximum Gasteiger partial charge on any atom is -0.0683 e. The second-order valence-corrected chi connectivity index (χ2v) is 0. The molecule has 0 saturated heterocycles. The Labute approximate surface area is 29.8 Å². The van der Waals surface area contributed by atoms with Crippen molar-refractivity contribution in [3.8, 4) is 0 Å². The predicted molar refractivity (Wildman–Crippen MR) is 24.8 cm³/mol. The summed E-state index contributed by atoms with van der Waals surface area (Å²) in [4.78, 5) is 0. The minimum absolute atomic E-state index is 0. The Morgan fingerprint density at radius 1 is 0.750 bits per heavy atom. The Bertz CT molecular complexity index is 0. The predicted octanol–water partition coefficient (Wildman–Crippen LogP) is 2.30. The zero-order valence-electron chi connectivity index (χ0n) is 2.00. The van der Waals surface area contributed by atoms with Gasteiger partial charge in [-0.05, 0) is 0 Å². The molecule has 30 valence electrons. The fourth-order valence-corrected chi connectivity index (χ4v) is 0. The molecule has 4 heavy (non-hydrogen) atoms. The van der Waals surface area contributed by atoms with Crippen LogP contribution in [0.5, 0.6) is 0 Å². The van der Waals surface area contributed by atoms with E-state index in [9.17, 15) is 0 Å². The van der Waals surface area contributed by atoms with E-state index < -0.39 is 0 Å². The molecule has 0 heterocycles. The van der Waals surface area contributed by atoms with Gasteiger partial charge in [-0.3, -0.25) is 0 Å². The fraction of sp³-hybridized carbons (Fsp3) is 1.00. The third kappa shape index (κ3) is 0. The van der Waals surface area contributed by atoms with Gasteiger partial charge in [-0.25, -0.2) is 0 Å². The smallest absolute Gasteiger partial charge is 0.0683 e. The summed E-state index contributed by atoms with van der Waals surface area (Å²) in [7, 11) is 0. The highest BCUT2D eigenvalue weighted by Crippen LogP contribution is 1.14. The van der Waals surface area contributed by atoms with Crippen molar-refractivity contribution in [2.45, 2.75) is 28.7 Å². The van der Waals surface area contributed by atoms with Gasteiger partial charge < -0.3 is 0 Å². The lowest BCUT2D eigenvalue weighted by atomic mass is 11.0. The summed E-state index contributed by atoms with van der Waals surface area (Å²) in [5.74, 6) is 0. The molecule has 0 aliphatic rings. The first-order valence-corrected chi connectivity index (χ1v) is 1.00. The van der Waals surface area contributed by atoms with E-state index >= 15 is 0 Å². The first-order chi connectivity index (χ1) is 1.00. The SMILES string of the molecule is C.C.CC. The molecular formula is C4H14. The topological polar surface area (TPSA) is 0 Å². The molecule has 0 unspecified atom stereocenters. The molecule has 0 heteroatoms. The van der Waals surface area contributed by atoms with Crippen LogP contribution in [0, 0.1) is 0 Å². The van der Waals surface area contributed by atoms with Crippen molar-refractivity contribution >= 4 is 0 Å². The second-order valence-electron chi connectivity index (χ2n) is 0. The van der Waals surface area contributed by atoms with Crippen LogP contribution in [0.1, 0.15) is 28.7 Å². The van der Waals surface area contributed by atoms with Crippen molar-refractivity contribution in [3.05, 3.63) is 0 Å². The Kier molecular flexibility index (Phi) is 0. The quantitative estimate of drug-likeness (QED) is 0.404. The summed E-state index contributed by atoms with van der Waals surface area (Å²) in [6.45, 7) is 4.00. The third-order valence-corrected chi connectivity index (χ3v) is 0. The van der Waals surface area contributed by atoms with Crippen LogP contribution >= 0.6 is 0 Å². The molecule has 0 aliphatic heterocycles. The maximum absolute atomic E-state index is 2.00. The highest BCUT2D eigenvalue weighted by Gasteiger charge is 0.932. The van der Waals surface area contributed by atoms with Gasteiger partial charge >= 0.3 is 0 Å². The molecule has 0 rings (SSSR count). The van der Waals surface area contributed by atoms with Gasteiger partial charge in [-0.1, -0.05) is 28.7 Å².